The number of rotatable bonds is 4. The Kier molecular flexibility index (Phi) is 5.13. The van der Waals surface area contributed by atoms with Gasteiger partial charge in [0.05, 0.1) is 16.4 Å². The van der Waals surface area contributed by atoms with Crippen molar-refractivity contribution in [3.63, 3.8) is 0 Å². The summed E-state index contributed by atoms with van der Waals surface area (Å²) in [5.74, 6) is 0.0879. The van der Waals surface area contributed by atoms with Gasteiger partial charge in [-0.3, -0.25) is 5.43 Å². The fraction of sp³-hybridized carbons (Fsp3) is 0.0588. The first-order chi connectivity index (χ1) is 11.9. The zero-order valence-electron chi connectivity index (χ0n) is 13.0. The third kappa shape index (κ3) is 4.04. The molecule has 0 unspecified atom stereocenters. The van der Waals surface area contributed by atoms with Crippen LogP contribution in [0.3, 0.4) is 0 Å². The van der Waals surface area contributed by atoms with E-state index in [-0.39, 0.29) is 11.5 Å². The van der Waals surface area contributed by atoms with Gasteiger partial charge in [-0.05, 0) is 43.3 Å². The summed E-state index contributed by atoms with van der Waals surface area (Å²) in [6.45, 7) is 1.71. The summed E-state index contributed by atoms with van der Waals surface area (Å²) < 4.78 is 0. The van der Waals surface area contributed by atoms with Crippen LogP contribution in [0.15, 0.2) is 46.9 Å². The Hall–Kier alpha value is -2.28. The summed E-state index contributed by atoms with van der Waals surface area (Å²) in [6.07, 6.45) is 0. The van der Waals surface area contributed by atoms with E-state index in [0.29, 0.717) is 32.1 Å². The van der Waals surface area contributed by atoms with Gasteiger partial charge in [-0.2, -0.15) is 5.10 Å². The minimum atomic E-state index is 0.0358. The molecule has 0 atom stereocenters. The molecule has 3 aromatic rings. The van der Waals surface area contributed by atoms with Crippen LogP contribution in [-0.2, 0) is 0 Å². The van der Waals surface area contributed by atoms with E-state index in [1.54, 1.807) is 19.1 Å². The molecule has 0 radical (unpaired) electrons. The lowest BCUT2D eigenvalue weighted by atomic mass is 10.1. The van der Waals surface area contributed by atoms with Crippen LogP contribution in [0.4, 0.5) is 5.13 Å². The van der Waals surface area contributed by atoms with Crippen LogP contribution in [0.25, 0.3) is 11.3 Å². The Morgan fingerprint density at radius 3 is 2.72 bits per heavy atom. The van der Waals surface area contributed by atoms with Crippen molar-refractivity contribution in [3.8, 4) is 22.8 Å². The van der Waals surface area contributed by atoms with Crippen LogP contribution < -0.4 is 5.43 Å². The first kappa shape index (κ1) is 17.5. The molecule has 5 nitrogen and oxygen atoms in total. The maximum absolute atomic E-state index is 9.85. The second-order valence-electron chi connectivity index (χ2n) is 5.17. The molecule has 0 saturated carbocycles. The Morgan fingerprint density at radius 1 is 1.16 bits per heavy atom. The van der Waals surface area contributed by atoms with Crippen LogP contribution in [0, 0.1) is 0 Å². The summed E-state index contributed by atoms with van der Waals surface area (Å²) in [5.41, 5.74) is 5.28. The molecular weight excluding hydrogens is 381 g/mol. The number of hydrazone groups is 1. The molecule has 3 rings (SSSR count). The average molecular weight is 394 g/mol. The maximum Gasteiger partial charge on any atom is 0.203 e. The smallest absolute Gasteiger partial charge is 0.203 e. The van der Waals surface area contributed by atoms with Crippen LogP contribution in [0.2, 0.25) is 10.0 Å². The molecule has 0 amide bonds. The quantitative estimate of drug-likeness (QED) is 0.316. The van der Waals surface area contributed by atoms with E-state index in [1.165, 1.54) is 29.5 Å². The normalized spacial score (nSPS) is 11.6. The summed E-state index contributed by atoms with van der Waals surface area (Å²) in [7, 11) is 0. The van der Waals surface area contributed by atoms with Crippen LogP contribution in [0.5, 0.6) is 11.5 Å². The van der Waals surface area contributed by atoms with Crippen molar-refractivity contribution in [1.29, 1.82) is 0 Å². The molecule has 0 aliphatic heterocycles. The van der Waals surface area contributed by atoms with Gasteiger partial charge in [0, 0.05) is 21.5 Å². The summed E-state index contributed by atoms with van der Waals surface area (Å²) >= 11 is 13.5. The number of aromatic hydroxyl groups is 2. The third-order valence-electron chi connectivity index (χ3n) is 3.40. The first-order valence-corrected chi connectivity index (χ1v) is 8.81. The summed E-state index contributed by atoms with van der Waals surface area (Å²) in [5, 5.41) is 27.1. The number of aromatic nitrogens is 1. The zero-order valence-corrected chi connectivity index (χ0v) is 15.3. The van der Waals surface area contributed by atoms with E-state index >= 15 is 0 Å². The second kappa shape index (κ2) is 7.31. The second-order valence-corrected chi connectivity index (χ2v) is 6.87. The molecule has 25 heavy (non-hydrogen) atoms. The summed E-state index contributed by atoms with van der Waals surface area (Å²) in [4.78, 5) is 4.44. The van der Waals surface area contributed by atoms with Gasteiger partial charge in [-0.15, -0.1) is 11.3 Å². The van der Waals surface area contributed by atoms with Crippen LogP contribution in [0.1, 0.15) is 12.5 Å². The Morgan fingerprint density at radius 2 is 1.96 bits per heavy atom. The van der Waals surface area contributed by atoms with E-state index in [9.17, 15) is 10.2 Å². The van der Waals surface area contributed by atoms with Gasteiger partial charge in [0.2, 0.25) is 5.13 Å². The maximum atomic E-state index is 9.85. The first-order valence-electron chi connectivity index (χ1n) is 7.17. The molecule has 0 fully saturated rings. The van der Waals surface area contributed by atoms with E-state index < -0.39 is 0 Å². The Labute approximate surface area is 158 Å². The van der Waals surface area contributed by atoms with Gasteiger partial charge in [0.25, 0.3) is 0 Å². The molecule has 1 heterocycles. The monoisotopic (exact) mass is 393 g/mol. The lowest BCUT2D eigenvalue weighted by Gasteiger charge is -2.05. The Bertz CT molecular complexity index is 957. The van der Waals surface area contributed by atoms with E-state index in [0.717, 1.165) is 5.56 Å². The number of hydrogen-bond donors (Lipinski definition) is 3. The number of phenols is 2. The largest absolute Gasteiger partial charge is 0.508 e. The Balaban J connectivity index is 1.80. The zero-order chi connectivity index (χ0) is 18.0. The molecule has 128 valence electrons. The molecule has 0 bridgehead atoms. The lowest BCUT2D eigenvalue weighted by Crippen LogP contribution is -2.00. The molecule has 3 N–H and O–H groups in total. The molecule has 0 saturated heterocycles. The van der Waals surface area contributed by atoms with E-state index in [1.807, 2.05) is 11.4 Å². The van der Waals surface area contributed by atoms with Gasteiger partial charge < -0.3 is 10.2 Å². The minimum Gasteiger partial charge on any atom is -0.508 e. The number of phenolic OH excluding ortho intramolecular Hbond substituents is 2. The SMILES string of the molecule is C/C(=N\Nc1nc(-c2ccc(Cl)cc2Cl)cs1)c1cc(O)ccc1O. The molecule has 0 aliphatic rings. The minimum absolute atomic E-state index is 0.0358. The van der Waals surface area contributed by atoms with E-state index in [4.69, 9.17) is 23.2 Å². The number of anilines is 1. The highest BCUT2D eigenvalue weighted by Gasteiger charge is 2.10. The van der Waals surface area contributed by atoms with Gasteiger partial charge in [-0.1, -0.05) is 23.2 Å². The predicted molar refractivity (Wildman–Crippen MR) is 103 cm³/mol. The highest BCUT2D eigenvalue weighted by molar-refractivity contribution is 7.14. The molecule has 1 aromatic heterocycles. The van der Waals surface area contributed by atoms with Crippen molar-refractivity contribution in [2.45, 2.75) is 6.92 Å². The van der Waals surface area contributed by atoms with Gasteiger partial charge >= 0.3 is 0 Å². The lowest BCUT2D eigenvalue weighted by molar-refractivity contribution is 0.459. The van der Waals surface area contributed by atoms with Crippen molar-refractivity contribution in [1.82, 2.24) is 4.98 Å². The van der Waals surface area contributed by atoms with Crippen molar-refractivity contribution < 1.29 is 10.2 Å². The number of thiazole rings is 1. The molecule has 2 aromatic carbocycles. The highest BCUT2D eigenvalue weighted by atomic mass is 35.5. The number of hydrogen-bond acceptors (Lipinski definition) is 6. The topological polar surface area (TPSA) is 77.7 Å². The van der Waals surface area contributed by atoms with Crippen LogP contribution in [-0.4, -0.2) is 20.9 Å². The molecule has 0 aliphatic carbocycles. The number of halogens is 2. The standard InChI is InChI=1S/C17H13Cl2N3O2S/c1-9(13-7-11(23)3-5-16(13)24)21-22-17-20-15(8-25-17)12-4-2-10(18)6-14(12)19/h2-8,23-24H,1H3,(H,20,22)/b21-9+. The van der Waals surface area contributed by atoms with Crippen molar-refractivity contribution in [2.24, 2.45) is 5.10 Å². The van der Waals surface area contributed by atoms with Crippen molar-refractivity contribution in [2.75, 3.05) is 5.43 Å². The highest BCUT2D eigenvalue weighted by Crippen LogP contribution is 2.32. The van der Waals surface area contributed by atoms with E-state index in [2.05, 4.69) is 15.5 Å². The number of nitrogens with zero attached hydrogens (tertiary/aromatic N) is 2. The fourth-order valence-electron chi connectivity index (χ4n) is 2.15. The summed E-state index contributed by atoms with van der Waals surface area (Å²) in [6, 6.07) is 9.48. The predicted octanol–water partition coefficient (Wildman–Crippen LogP) is 5.36. The molecule has 0 spiro atoms. The number of benzene rings is 2. The fourth-order valence-corrected chi connectivity index (χ4v) is 3.31. The van der Waals surface area contributed by atoms with Gasteiger partial charge in [-0.25, -0.2) is 4.98 Å². The number of nitrogens with one attached hydrogen (secondary N) is 1. The van der Waals surface area contributed by atoms with Crippen molar-refractivity contribution >= 4 is 45.4 Å². The van der Waals surface area contributed by atoms with Gasteiger partial charge in [0.1, 0.15) is 11.5 Å². The third-order valence-corrected chi connectivity index (χ3v) is 4.70. The molecular formula is C17H13Cl2N3O2S. The average Bonchev–Trinajstić information content (AvgIpc) is 3.03. The van der Waals surface area contributed by atoms with Crippen LogP contribution >= 0.6 is 34.5 Å². The van der Waals surface area contributed by atoms with Gasteiger partial charge in [0.15, 0.2) is 0 Å². The molecule has 8 heteroatoms. The van der Waals surface area contributed by atoms with Crippen molar-refractivity contribution in [3.05, 3.63) is 57.4 Å².